The number of benzene rings is 1. The van der Waals surface area contributed by atoms with E-state index in [1.807, 2.05) is 32.9 Å². The van der Waals surface area contributed by atoms with E-state index in [0.29, 0.717) is 17.1 Å². The van der Waals surface area contributed by atoms with E-state index < -0.39 is 0 Å². The molecule has 0 saturated carbocycles. The molecule has 1 atom stereocenters. The minimum Gasteiger partial charge on any atom is -0.396 e. The van der Waals surface area contributed by atoms with Crippen molar-refractivity contribution in [3.63, 3.8) is 0 Å². The molecule has 2 N–H and O–H groups in total. The number of carbonyl (C=O) groups is 1. The van der Waals surface area contributed by atoms with Gasteiger partial charge in [0.25, 0.3) is 5.91 Å². The number of carbonyl (C=O) groups excluding carboxylic acids is 1. The summed E-state index contributed by atoms with van der Waals surface area (Å²) in [4.78, 5) is 12.4. The van der Waals surface area contributed by atoms with Gasteiger partial charge in [0, 0.05) is 18.2 Å². The van der Waals surface area contributed by atoms with Crippen molar-refractivity contribution in [2.45, 2.75) is 26.7 Å². The minimum atomic E-state index is -0.172. The van der Waals surface area contributed by atoms with Crippen LogP contribution >= 0.6 is 11.6 Å². The molecule has 1 heterocycles. The zero-order valence-electron chi connectivity index (χ0n) is 13.6. The summed E-state index contributed by atoms with van der Waals surface area (Å²) in [5.74, 6) is -0.0221. The summed E-state index contributed by atoms with van der Waals surface area (Å²) in [6, 6.07) is 7.34. The van der Waals surface area contributed by atoms with Crippen LogP contribution in [0.1, 0.15) is 42.7 Å². The lowest BCUT2D eigenvalue weighted by molar-refractivity contribution is 0.0941. The quantitative estimate of drug-likeness (QED) is 0.852. The Morgan fingerprint density at radius 2 is 1.96 bits per heavy atom. The largest absolute Gasteiger partial charge is 0.396 e. The van der Waals surface area contributed by atoms with E-state index >= 15 is 0 Å². The standard InChI is InChI=1S/C17H22ClN3O2/c1-11(2)16-15(17(23)19-8-12(3)10-22)9-20-21(16)14-6-4-13(18)5-7-14/h4-7,9,11-12,22H,8,10H2,1-3H3,(H,19,23). The van der Waals surface area contributed by atoms with Gasteiger partial charge < -0.3 is 10.4 Å². The van der Waals surface area contributed by atoms with Crippen LogP contribution in [0.2, 0.25) is 5.02 Å². The molecule has 2 aromatic rings. The van der Waals surface area contributed by atoms with Crippen LogP contribution in [0.25, 0.3) is 5.69 Å². The summed E-state index contributed by atoms with van der Waals surface area (Å²) in [6.07, 6.45) is 1.59. The van der Waals surface area contributed by atoms with Gasteiger partial charge in [0.1, 0.15) is 0 Å². The second kappa shape index (κ2) is 7.62. The monoisotopic (exact) mass is 335 g/mol. The fourth-order valence-electron chi connectivity index (χ4n) is 2.30. The zero-order chi connectivity index (χ0) is 17.0. The number of aromatic nitrogens is 2. The Morgan fingerprint density at radius 3 is 2.52 bits per heavy atom. The number of amides is 1. The van der Waals surface area contributed by atoms with Gasteiger partial charge in [0.2, 0.25) is 0 Å². The van der Waals surface area contributed by atoms with Crippen molar-refractivity contribution >= 4 is 17.5 Å². The summed E-state index contributed by atoms with van der Waals surface area (Å²) in [5, 5.41) is 16.9. The van der Waals surface area contributed by atoms with E-state index in [4.69, 9.17) is 16.7 Å². The third-order valence-corrected chi connectivity index (χ3v) is 3.84. The molecule has 0 radical (unpaired) electrons. The van der Waals surface area contributed by atoms with Gasteiger partial charge in [0.15, 0.2) is 0 Å². The highest BCUT2D eigenvalue weighted by atomic mass is 35.5. The van der Waals surface area contributed by atoms with Crippen LogP contribution in [0, 0.1) is 5.92 Å². The Morgan fingerprint density at radius 1 is 1.30 bits per heavy atom. The molecule has 0 saturated heterocycles. The second-order valence-electron chi connectivity index (χ2n) is 5.98. The minimum absolute atomic E-state index is 0.0211. The molecule has 23 heavy (non-hydrogen) atoms. The average Bonchev–Trinajstić information content (AvgIpc) is 2.98. The predicted octanol–water partition coefficient (Wildman–Crippen LogP) is 3.01. The van der Waals surface area contributed by atoms with Crippen molar-refractivity contribution in [1.82, 2.24) is 15.1 Å². The van der Waals surface area contributed by atoms with Gasteiger partial charge in [-0.3, -0.25) is 4.79 Å². The van der Waals surface area contributed by atoms with Gasteiger partial charge in [-0.2, -0.15) is 5.10 Å². The van der Waals surface area contributed by atoms with Crippen LogP contribution in [-0.2, 0) is 0 Å². The first kappa shape index (κ1) is 17.5. The summed E-state index contributed by atoms with van der Waals surface area (Å²) >= 11 is 5.93. The Labute approximate surface area is 141 Å². The number of aliphatic hydroxyl groups excluding tert-OH is 1. The molecule has 0 aliphatic rings. The Bertz CT molecular complexity index is 665. The Kier molecular flexibility index (Phi) is 5.80. The van der Waals surface area contributed by atoms with Gasteiger partial charge in [-0.15, -0.1) is 0 Å². The Balaban J connectivity index is 2.31. The smallest absolute Gasteiger partial charge is 0.254 e. The maximum Gasteiger partial charge on any atom is 0.254 e. The molecule has 6 heteroatoms. The first-order valence-corrected chi connectivity index (χ1v) is 8.04. The number of halogens is 1. The van der Waals surface area contributed by atoms with Crippen LogP contribution < -0.4 is 5.32 Å². The summed E-state index contributed by atoms with van der Waals surface area (Å²) in [5.41, 5.74) is 2.27. The number of rotatable bonds is 6. The third kappa shape index (κ3) is 4.12. The molecule has 0 aliphatic carbocycles. The van der Waals surface area contributed by atoms with E-state index in [-0.39, 0.29) is 24.3 Å². The highest BCUT2D eigenvalue weighted by Crippen LogP contribution is 2.24. The van der Waals surface area contributed by atoms with Gasteiger partial charge in [-0.05, 0) is 36.1 Å². The van der Waals surface area contributed by atoms with E-state index in [0.717, 1.165) is 11.4 Å². The van der Waals surface area contributed by atoms with Crippen molar-refractivity contribution in [2.75, 3.05) is 13.2 Å². The number of aliphatic hydroxyl groups is 1. The maximum atomic E-state index is 12.4. The lowest BCUT2D eigenvalue weighted by Crippen LogP contribution is -2.30. The van der Waals surface area contributed by atoms with Crippen molar-refractivity contribution < 1.29 is 9.90 Å². The number of hydrogen-bond acceptors (Lipinski definition) is 3. The highest BCUT2D eigenvalue weighted by molar-refractivity contribution is 6.30. The third-order valence-electron chi connectivity index (χ3n) is 3.59. The predicted molar refractivity (Wildman–Crippen MR) is 91.2 cm³/mol. The van der Waals surface area contributed by atoms with Crippen molar-refractivity contribution in [3.05, 3.63) is 46.7 Å². The first-order chi connectivity index (χ1) is 10.9. The number of hydrogen-bond donors (Lipinski definition) is 2. The van der Waals surface area contributed by atoms with Gasteiger partial charge >= 0.3 is 0 Å². The fraction of sp³-hybridized carbons (Fsp3) is 0.412. The van der Waals surface area contributed by atoms with Crippen LogP contribution in [0.15, 0.2) is 30.5 Å². The summed E-state index contributed by atoms with van der Waals surface area (Å²) in [6.45, 7) is 6.40. The SMILES string of the molecule is CC(CO)CNC(=O)c1cnn(-c2ccc(Cl)cc2)c1C(C)C. The van der Waals surface area contributed by atoms with Crippen LogP contribution in [0.4, 0.5) is 0 Å². The van der Waals surface area contributed by atoms with Gasteiger partial charge in [-0.25, -0.2) is 4.68 Å². The van der Waals surface area contributed by atoms with Gasteiger partial charge in [-0.1, -0.05) is 32.4 Å². The average molecular weight is 336 g/mol. The molecule has 0 spiro atoms. The first-order valence-electron chi connectivity index (χ1n) is 7.67. The van der Waals surface area contributed by atoms with Gasteiger partial charge in [0.05, 0.1) is 23.1 Å². The molecule has 1 amide bonds. The lowest BCUT2D eigenvalue weighted by atomic mass is 10.0. The van der Waals surface area contributed by atoms with Crippen LogP contribution in [-0.4, -0.2) is 33.9 Å². The molecule has 0 bridgehead atoms. The van der Waals surface area contributed by atoms with E-state index in [2.05, 4.69) is 10.4 Å². The normalized spacial score (nSPS) is 12.4. The van der Waals surface area contributed by atoms with Crippen molar-refractivity contribution in [2.24, 2.45) is 5.92 Å². The molecule has 5 nitrogen and oxygen atoms in total. The second-order valence-corrected chi connectivity index (χ2v) is 6.42. The molecular weight excluding hydrogens is 314 g/mol. The molecule has 0 fully saturated rings. The number of nitrogens with zero attached hydrogens (tertiary/aromatic N) is 2. The molecule has 2 rings (SSSR count). The fourth-order valence-corrected chi connectivity index (χ4v) is 2.43. The number of nitrogens with one attached hydrogen (secondary N) is 1. The molecule has 0 aliphatic heterocycles. The van der Waals surface area contributed by atoms with Crippen LogP contribution in [0.3, 0.4) is 0 Å². The summed E-state index contributed by atoms with van der Waals surface area (Å²) in [7, 11) is 0. The Hall–Kier alpha value is -1.85. The molecule has 124 valence electrons. The highest BCUT2D eigenvalue weighted by Gasteiger charge is 2.21. The molecule has 1 aromatic carbocycles. The zero-order valence-corrected chi connectivity index (χ0v) is 14.3. The van der Waals surface area contributed by atoms with E-state index in [1.54, 1.807) is 23.0 Å². The lowest BCUT2D eigenvalue weighted by Gasteiger charge is -2.14. The van der Waals surface area contributed by atoms with E-state index in [9.17, 15) is 4.79 Å². The van der Waals surface area contributed by atoms with Crippen LogP contribution in [0.5, 0.6) is 0 Å². The maximum absolute atomic E-state index is 12.4. The molecule has 1 unspecified atom stereocenters. The molecular formula is C17H22ClN3O2. The molecule has 1 aromatic heterocycles. The summed E-state index contributed by atoms with van der Waals surface area (Å²) < 4.78 is 1.77. The van der Waals surface area contributed by atoms with Crippen molar-refractivity contribution in [3.8, 4) is 5.69 Å². The topological polar surface area (TPSA) is 67.2 Å². The van der Waals surface area contributed by atoms with Crippen molar-refractivity contribution in [1.29, 1.82) is 0 Å². The van der Waals surface area contributed by atoms with E-state index in [1.165, 1.54) is 0 Å².